The van der Waals surface area contributed by atoms with Crippen LogP contribution in [0.5, 0.6) is 0 Å². The van der Waals surface area contributed by atoms with Crippen LogP contribution in [0, 0.1) is 0 Å². The Kier molecular flexibility index (Phi) is 1.17. The number of hydrogen-bond donors (Lipinski definition) is 0. The molecule has 0 aromatic heterocycles. The van der Waals surface area contributed by atoms with Gasteiger partial charge in [-0.1, -0.05) is 4.90 Å². The first-order chi connectivity index (χ1) is 4.47. The lowest BCUT2D eigenvalue weighted by Crippen LogP contribution is -2.20. The number of fused-ring (bicyclic) bond motifs is 1. The van der Waals surface area contributed by atoms with Gasteiger partial charge in [-0.25, -0.2) is 4.99 Å². The quantitative estimate of drug-likeness (QED) is 0.460. The summed E-state index contributed by atoms with van der Waals surface area (Å²) in [4.78, 5) is 6.04. The van der Waals surface area contributed by atoms with Gasteiger partial charge in [0.15, 0.2) is 11.9 Å². The number of aliphatic imine (C=N–C) groups is 1. The monoisotopic (exact) mass is 138 g/mol. The Balaban J connectivity index is 2.31. The van der Waals surface area contributed by atoms with Crippen LogP contribution < -0.4 is 4.90 Å². The Hall–Kier alpha value is -0.540. The van der Waals surface area contributed by atoms with Crippen LogP contribution in [-0.4, -0.2) is 12.1 Å². The second-order valence-corrected chi connectivity index (χ2v) is 2.78. The minimum Gasteiger partial charge on any atom is -0.201 e. The van der Waals surface area contributed by atoms with Crippen LogP contribution in [0.1, 0.15) is 0 Å². The first-order valence-electron chi connectivity index (χ1n) is 2.76. The molecule has 0 bridgehead atoms. The molecule has 9 heavy (non-hydrogen) atoms. The highest BCUT2D eigenvalue weighted by atomic mass is 32.2. The molecule has 2 heterocycles. The smallest absolute Gasteiger partial charge is 0.201 e. The van der Waals surface area contributed by atoms with E-state index in [-0.39, 0.29) is 0 Å². The molecule has 1 radical (unpaired) electrons. The average Bonchev–Trinajstić information content (AvgIpc) is 2.33. The van der Waals surface area contributed by atoms with Gasteiger partial charge in [-0.15, -0.1) is 11.8 Å². The SMILES string of the molecule is C1=C[N+]2C=NC=C2CS1. The van der Waals surface area contributed by atoms with E-state index in [1.807, 2.05) is 23.6 Å². The molecular formula is C6H6N2S+. The summed E-state index contributed by atoms with van der Waals surface area (Å²) in [5.74, 6) is 1.05. The summed E-state index contributed by atoms with van der Waals surface area (Å²) in [6.45, 7) is 0. The van der Waals surface area contributed by atoms with Crippen LogP contribution in [-0.2, 0) is 0 Å². The summed E-state index contributed by atoms with van der Waals surface area (Å²) in [6, 6.07) is 0. The van der Waals surface area contributed by atoms with Gasteiger partial charge in [0.1, 0.15) is 0 Å². The van der Waals surface area contributed by atoms with Crippen molar-refractivity contribution in [2.75, 3.05) is 5.75 Å². The van der Waals surface area contributed by atoms with Crippen molar-refractivity contribution in [2.45, 2.75) is 0 Å². The molecule has 0 atom stereocenters. The zero-order chi connectivity index (χ0) is 6.10. The van der Waals surface area contributed by atoms with Gasteiger partial charge in [0.25, 0.3) is 0 Å². The molecule has 0 N–H and O–H groups in total. The van der Waals surface area contributed by atoms with Crippen molar-refractivity contribution < 1.29 is 0 Å². The third-order valence-corrected chi connectivity index (χ3v) is 2.07. The standard InChI is InChI=1S/C6H6N2S/c1-2-9-4-6-3-7-5-8(1)6/h1-3,5H,4H2/q+1. The van der Waals surface area contributed by atoms with Crippen LogP contribution in [0.15, 0.2) is 28.5 Å². The lowest BCUT2D eigenvalue weighted by atomic mass is 10.5. The Bertz CT molecular complexity index is 205. The zero-order valence-corrected chi connectivity index (χ0v) is 5.64. The van der Waals surface area contributed by atoms with E-state index in [0.29, 0.717) is 0 Å². The summed E-state index contributed by atoms with van der Waals surface area (Å²) in [6.07, 6.45) is 5.75. The third-order valence-electron chi connectivity index (χ3n) is 1.30. The van der Waals surface area contributed by atoms with Crippen LogP contribution in [0.2, 0.25) is 0 Å². The van der Waals surface area contributed by atoms with Crippen LogP contribution >= 0.6 is 11.8 Å². The summed E-state index contributed by atoms with van der Waals surface area (Å²) in [5.41, 5.74) is 1.28. The molecule has 2 rings (SSSR count). The van der Waals surface area contributed by atoms with Crippen LogP contribution in [0.3, 0.4) is 0 Å². The normalized spacial score (nSPS) is 24.2. The predicted molar refractivity (Wildman–Crippen MR) is 40.3 cm³/mol. The van der Waals surface area contributed by atoms with E-state index in [2.05, 4.69) is 10.4 Å². The highest BCUT2D eigenvalue weighted by molar-refractivity contribution is 8.02. The largest absolute Gasteiger partial charge is 0.249 e. The third kappa shape index (κ3) is 0.821. The van der Waals surface area contributed by atoms with E-state index in [0.717, 1.165) is 5.75 Å². The second-order valence-electron chi connectivity index (χ2n) is 1.89. The van der Waals surface area contributed by atoms with E-state index in [1.165, 1.54) is 5.70 Å². The van der Waals surface area contributed by atoms with Gasteiger partial charge in [-0.3, -0.25) is 0 Å². The average molecular weight is 138 g/mol. The maximum absolute atomic E-state index is 4.00. The first-order valence-corrected chi connectivity index (χ1v) is 3.81. The van der Waals surface area contributed by atoms with Crippen LogP contribution in [0.25, 0.3) is 0 Å². The number of rotatable bonds is 0. The highest BCUT2D eigenvalue weighted by Gasteiger charge is 2.24. The van der Waals surface area contributed by atoms with E-state index < -0.39 is 0 Å². The second kappa shape index (κ2) is 2.01. The lowest BCUT2D eigenvalue weighted by molar-refractivity contribution is 0.911. The van der Waals surface area contributed by atoms with E-state index >= 15 is 0 Å². The van der Waals surface area contributed by atoms with Crippen molar-refractivity contribution in [1.29, 1.82) is 0 Å². The molecule has 0 aromatic rings. The summed E-state index contributed by atoms with van der Waals surface area (Å²) in [7, 11) is 0. The van der Waals surface area contributed by atoms with Gasteiger partial charge >= 0.3 is 0 Å². The molecule has 0 spiro atoms. The fourth-order valence-electron chi connectivity index (χ4n) is 0.820. The van der Waals surface area contributed by atoms with Crippen molar-refractivity contribution in [3.63, 3.8) is 0 Å². The molecule has 45 valence electrons. The zero-order valence-electron chi connectivity index (χ0n) is 4.82. The number of hydrogen-bond acceptors (Lipinski definition) is 3. The fraction of sp³-hybridized carbons (Fsp3) is 0.167. The fourth-order valence-corrected chi connectivity index (χ4v) is 1.53. The van der Waals surface area contributed by atoms with Gasteiger partial charge in [0.05, 0.1) is 12.0 Å². The summed E-state index contributed by atoms with van der Waals surface area (Å²) in [5, 5.41) is 2.08. The molecule has 0 amide bonds. The molecule has 2 aliphatic rings. The van der Waals surface area contributed by atoms with Gasteiger partial charge in [-0.05, 0) is 0 Å². The summed E-state index contributed by atoms with van der Waals surface area (Å²) >= 11 is 1.80. The van der Waals surface area contributed by atoms with Crippen molar-refractivity contribution >= 4 is 18.1 Å². The molecule has 0 saturated heterocycles. The molecular weight excluding hydrogens is 132 g/mol. The Morgan fingerprint density at radius 3 is 3.56 bits per heavy atom. The molecule has 2 nitrogen and oxygen atoms in total. The van der Waals surface area contributed by atoms with E-state index in [9.17, 15) is 0 Å². The predicted octanol–water partition coefficient (Wildman–Crippen LogP) is 1.23. The van der Waals surface area contributed by atoms with Gasteiger partial charge in [0.2, 0.25) is 6.34 Å². The molecule has 0 fully saturated rings. The number of thioether (sulfide) groups is 1. The summed E-state index contributed by atoms with van der Waals surface area (Å²) < 4.78 is 0. The highest BCUT2D eigenvalue weighted by Crippen LogP contribution is 2.19. The van der Waals surface area contributed by atoms with Gasteiger partial charge < -0.3 is 0 Å². The number of nitrogens with zero attached hydrogens (tertiary/aromatic N) is 2. The van der Waals surface area contributed by atoms with Gasteiger partial charge in [0, 0.05) is 5.41 Å². The minimum absolute atomic E-state index is 1.05. The molecule has 0 aromatic carbocycles. The molecule has 3 heteroatoms. The Labute approximate surface area is 58.0 Å². The van der Waals surface area contributed by atoms with Crippen molar-refractivity contribution in [3.8, 4) is 0 Å². The van der Waals surface area contributed by atoms with Gasteiger partial charge in [-0.2, -0.15) is 0 Å². The van der Waals surface area contributed by atoms with Crippen molar-refractivity contribution in [2.24, 2.45) is 4.99 Å². The Morgan fingerprint density at radius 2 is 2.67 bits per heavy atom. The Morgan fingerprint density at radius 1 is 1.67 bits per heavy atom. The maximum Gasteiger partial charge on any atom is 0.249 e. The lowest BCUT2D eigenvalue weighted by Gasteiger charge is -2.02. The maximum atomic E-state index is 4.00. The molecule has 0 aliphatic carbocycles. The van der Waals surface area contributed by atoms with E-state index in [1.54, 1.807) is 11.8 Å². The van der Waals surface area contributed by atoms with Crippen molar-refractivity contribution in [1.82, 2.24) is 4.90 Å². The van der Waals surface area contributed by atoms with Crippen molar-refractivity contribution in [3.05, 3.63) is 23.5 Å². The molecule has 0 saturated carbocycles. The van der Waals surface area contributed by atoms with E-state index in [4.69, 9.17) is 0 Å². The minimum atomic E-state index is 1.05. The molecule has 2 aliphatic heterocycles. The first kappa shape index (κ1) is 5.26. The van der Waals surface area contributed by atoms with Crippen LogP contribution in [0.4, 0.5) is 0 Å². The topological polar surface area (TPSA) is 18.3 Å². The molecule has 0 unspecified atom stereocenters.